The highest BCUT2D eigenvalue weighted by Gasteiger charge is 2.13. The number of hydrogen-bond donors (Lipinski definition) is 1. The minimum atomic E-state index is -0.301. The zero-order chi connectivity index (χ0) is 18.1. The summed E-state index contributed by atoms with van der Waals surface area (Å²) < 4.78 is 5.27. The Bertz CT molecular complexity index is 1040. The van der Waals surface area contributed by atoms with Gasteiger partial charge in [-0.1, -0.05) is 0 Å². The monoisotopic (exact) mass is 350 g/mol. The van der Waals surface area contributed by atoms with Crippen LogP contribution in [0.4, 0.5) is 5.69 Å². The molecular weight excluding hydrogens is 332 g/mol. The van der Waals surface area contributed by atoms with Gasteiger partial charge >= 0.3 is 0 Å². The SMILES string of the molecule is CCn1ncc(Cn2cc(NC(=O)c3cc4ncccn4n3)cn2)c1C. The molecule has 0 atom stereocenters. The molecule has 4 heterocycles. The van der Waals surface area contributed by atoms with E-state index in [9.17, 15) is 4.79 Å². The molecule has 0 fully saturated rings. The molecule has 0 saturated carbocycles. The fourth-order valence-corrected chi connectivity index (χ4v) is 2.78. The van der Waals surface area contributed by atoms with Crippen molar-refractivity contribution < 1.29 is 4.79 Å². The lowest BCUT2D eigenvalue weighted by molar-refractivity contribution is 0.102. The fraction of sp³-hybridized carbons (Fsp3) is 0.235. The van der Waals surface area contributed by atoms with Crippen LogP contribution in [-0.4, -0.2) is 40.1 Å². The Morgan fingerprint density at radius 1 is 1.27 bits per heavy atom. The highest BCUT2D eigenvalue weighted by Crippen LogP contribution is 2.13. The normalized spacial score (nSPS) is 11.2. The lowest BCUT2D eigenvalue weighted by Crippen LogP contribution is -2.12. The first-order valence-corrected chi connectivity index (χ1v) is 8.29. The average molecular weight is 350 g/mol. The molecule has 26 heavy (non-hydrogen) atoms. The Morgan fingerprint density at radius 3 is 2.92 bits per heavy atom. The van der Waals surface area contributed by atoms with Crippen molar-refractivity contribution in [3.05, 3.63) is 60.1 Å². The molecule has 4 rings (SSSR count). The first-order valence-electron chi connectivity index (χ1n) is 8.29. The van der Waals surface area contributed by atoms with E-state index in [1.54, 1.807) is 46.1 Å². The number of carbonyl (C=O) groups is 1. The molecule has 4 aromatic heterocycles. The molecule has 1 amide bonds. The van der Waals surface area contributed by atoms with E-state index in [1.165, 1.54) is 0 Å². The number of hydrogen-bond acceptors (Lipinski definition) is 5. The van der Waals surface area contributed by atoms with E-state index in [0.29, 0.717) is 23.6 Å². The van der Waals surface area contributed by atoms with Gasteiger partial charge in [-0.15, -0.1) is 0 Å². The highest BCUT2D eigenvalue weighted by molar-refractivity contribution is 6.03. The number of amides is 1. The first-order chi connectivity index (χ1) is 12.6. The first kappa shape index (κ1) is 16.0. The standard InChI is InChI=1S/C17H18N8O/c1-3-24-12(2)13(8-20-24)10-23-11-14(9-19-23)21-17(26)15-7-16-18-5-4-6-25(16)22-15/h4-9,11H,3,10H2,1-2H3,(H,21,26). The minimum absolute atomic E-state index is 0.301. The smallest absolute Gasteiger partial charge is 0.276 e. The summed E-state index contributed by atoms with van der Waals surface area (Å²) in [6.07, 6.45) is 8.66. The number of aromatic nitrogens is 7. The second-order valence-electron chi connectivity index (χ2n) is 5.90. The minimum Gasteiger partial charge on any atom is -0.318 e. The van der Waals surface area contributed by atoms with Gasteiger partial charge in [-0.25, -0.2) is 9.50 Å². The van der Waals surface area contributed by atoms with E-state index in [1.807, 2.05) is 17.8 Å². The van der Waals surface area contributed by atoms with Crippen molar-refractivity contribution in [3.63, 3.8) is 0 Å². The van der Waals surface area contributed by atoms with Gasteiger partial charge in [0.1, 0.15) is 0 Å². The van der Waals surface area contributed by atoms with Gasteiger partial charge in [0.25, 0.3) is 5.91 Å². The zero-order valence-corrected chi connectivity index (χ0v) is 14.5. The number of aryl methyl sites for hydroxylation is 1. The van der Waals surface area contributed by atoms with Crippen LogP contribution in [0.1, 0.15) is 28.7 Å². The van der Waals surface area contributed by atoms with Crippen molar-refractivity contribution in [2.24, 2.45) is 0 Å². The summed E-state index contributed by atoms with van der Waals surface area (Å²) in [5, 5.41) is 15.7. The molecule has 0 aliphatic rings. The Hall–Kier alpha value is -3.49. The van der Waals surface area contributed by atoms with Crippen LogP contribution in [0.25, 0.3) is 5.65 Å². The maximum absolute atomic E-state index is 12.4. The number of rotatable bonds is 5. The van der Waals surface area contributed by atoms with E-state index in [4.69, 9.17) is 0 Å². The van der Waals surface area contributed by atoms with Gasteiger partial charge < -0.3 is 5.32 Å². The van der Waals surface area contributed by atoms with Gasteiger partial charge in [0.15, 0.2) is 11.3 Å². The third kappa shape index (κ3) is 2.94. The number of carbonyl (C=O) groups excluding carboxylic acids is 1. The van der Waals surface area contributed by atoms with Crippen LogP contribution in [0.5, 0.6) is 0 Å². The van der Waals surface area contributed by atoms with Crippen LogP contribution >= 0.6 is 0 Å². The molecule has 0 aromatic carbocycles. The Balaban J connectivity index is 1.47. The fourth-order valence-electron chi connectivity index (χ4n) is 2.78. The Kier molecular flexibility index (Phi) is 3.96. The van der Waals surface area contributed by atoms with Crippen molar-refractivity contribution in [2.75, 3.05) is 5.32 Å². The zero-order valence-electron chi connectivity index (χ0n) is 14.5. The number of nitrogens with one attached hydrogen (secondary N) is 1. The average Bonchev–Trinajstić information content (AvgIpc) is 3.34. The van der Waals surface area contributed by atoms with Crippen molar-refractivity contribution in [1.82, 2.24) is 34.2 Å². The third-order valence-electron chi connectivity index (χ3n) is 4.20. The summed E-state index contributed by atoms with van der Waals surface area (Å²) in [4.78, 5) is 16.5. The van der Waals surface area contributed by atoms with E-state index in [2.05, 4.69) is 32.5 Å². The van der Waals surface area contributed by atoms with E-state index >= 15 is 0 Å². The predicted octanol–water partition coefficient (Wildman–Crippen LogP) is 1.75. The predicted molar refractivity (Wildman–Crippen MR) is 94.9 cm³/mol. The molecule has 0 bridgehead atoms. The topological polar surface area (TPSA) is 94.9 Å². The van der Waals surface area contributed by atoms with Crippen molar-refractivity contribution in [2.45, 2.75) is 26.9 Å². The van der Waals surface area contributed by atoms with Crippen molar-refractivity contribution >= 4 is 17.2 Å². The van der Waals surface area contributed by atoms with E-state index in [-0.39, 0.29) is 5.91 Å². The van der Waals surface area contributed by atoms with Gasteiger partial charge in [0.2, 0.25) is 0 Å². The number of anilines is 1. The van der Waals surface area contributed by atoms with Crippen LogP contribution in [-0.2, 0) is 13.1 Å². The summed E-state index contributed by atoms with van der Waals surface area (Å²) in [5.41, 5.74) is 3.75. The molecule has 0 aliphatic heterocycles. The maximum atomic E-state index is 12.4. The van der Waals surface area contributed by atoms with Gasteiger partial charge in [-0.05, 0) is 19.9 Å². The van der Waals surface area contributed by atoms with Gasteiger partial charge in [-0.3, -0.25) is 14.2 Å². The third-order valence-corrected chi connectivity index (χ3v) is 4.20. The summed E-state index contributed by atoms with van der Waals surface area (Å²) in [5.74, 6) is -0.301. The Labute approximate surface area is 149 Å². The Morgan fingerprint density at radius 2 is 2.15 bits per heavy atom. The van der Waals surface area contributed by atoms with E-state index in [0.717, 1.165) is 17.8 Å². The summed E-state index contributed by atoms with van der Waals surface area (Å²) in [6, 6.07) is 3.40. The second-order valence-corrected chi connectivity index (χ2v) is 5.90. The quantitative estimate of drug-likeness (QED) is 0.592. The van der Waals surface area contributed by atoms with Gasteiger partial charge in [-0.2, -0.15) is 15.3 Å². The molecule has 9 nitrogen and oxygen atoms in total. The van der Waals surface area contributed by atoms with Crippen LogP contribution in [0.3, 0.4) is 0 Å². The summed E-state index contributed by atoms with van der Waals surface area (Å²) >= 11 is 0. The molecule has 0 saturated heterocycles. The molecule has 132 valence electrons. The largest absolute Gasteiger partial charge is 0.318 e. The molecular formula is C17H18N8O. The lowest BCUT2D eigenvalue weighted by Gasteiger charge is -2.03. The van der Waals surface area contributed by atoms with Gasteiger partial charge in [0.05, 0.1) is 24.6 Å². The molecule has 0 radical (unpaired) electrons. The number of nitrogens with zero attached hydrogens (tertiary/aromatic N) is 7. The van der Waals surface area contributed by atoms with Gasteiger partial charge in [0, 0.05) is 42.5 Å². The van der Waals surface area contributed by atoms with Crippen molar-refractivity contribution in [3.8, 4) is 0 Å². The van der Waals surface area contributed by atoms with Crippen LogP contribution in [0, 0.1) is 6.92 Å². The number of fused-ring (bicyclic) bond motifs is 1. The molecule has 9 heteroatoms. The lowest BCUT2D eigenvalue weighted by atomic mass is 10.2. The molecule has 0 unspecified atom stereocenters. The van der Waals surface area contributed by atoms with Crippen LogP contribution in [0.2, 0.25) is 0 Å². The second kappa shape index (κ2) is 6.43. The molecule has 1 N–H and O–H groups in total. The van der Waals surface area contributed by atoms with Crippen molar-refractivity contribution in [1.29, 1.82) is 0 Å². The molecule has 4 aromatic rings. The van der Waals surface area contributed by atoms with Crippen LogP contribution < -0.4 is 5.32 Å². The summed E-state index contributed by atoms with van der Waals surface area (Å²) in [6.45, 7) is 5.52. The highest BCUT2D eigenvalue weighted by atomic mass is 16.2. The van der Waals surface area contributed by atoms with E-state index < -0.39 is 0 Å². The molecule has 0 aliphatic carbocycles. The summed E-state index contributed by atoms with van der Waals surface area (Å²) in [7, 11) is 0. The molecule has 0 spiro atoms. The maximum Gasteiger partial charge on any atom is 0.276 e. The van der Waals surface area contributed by atoms with Crippen LogP contribution in [0.15, 0.2) is 43.1 Å².